The van der Waals surface area contributed by atoms with Gasteiger partial charge in [-0.25, -0.2) is 0 Å². The number of ether oxygens (including phenoxy) is 6. The van der Waals surface area contributed by atoms with E-state index in [2.05, 4.69) is 0 Å². The van der Waals surface area contributed by atoms with Crippen LogP contribution in [-0.4, -0.2) is 168 Å². The molecule has 3 saturated heterocycles. The summed E-state index contributed by atoms with van der Waals surface area (Å²) in [5, 5.41) is 111. The average molecular weight is 713 g/mol. The van der Waals surface area contributed by atoms with Gasteiger partial charge in [0.05, 0.1) is 32.0 Å². The minimum atomic E-state index is -2.02. The Kier molecular flexibility index (Phi) is 12.1. The summed E-state index contributed by atoms with van der Waals surface area (Å²) >= 11 is 0. The van der Waals surface area contributed by atoms with E-state index >= 15 is 0 Å². The molecule has 0 aromatic heterocycles. The van der Waals surface area contributed by atoms with E-state index in [0.29, 0.717) is 5.56 Å². The molecule has 3 heterocycles. The molecule has 0 saturated carbocycles. The summed E-state index contributed by atoms with van der Waals surface area (Å²) in [6.45, 7) is -2.65. The highest BCUT2D eigenvalue weighted by Crippen LogP contribution is 2.33. The second-order valence-corrected chi connectivity index (χ2v) is 12.1. The van der Waals surface area contributed by atoms with Gasteiger partial charge in [0.1, 0.15) is 71.7 Å². The van der Waals surface area contributed by atoms with Crippen molar-refractivity contribution in [1.82, 2.24) is 0 Å². The average Bonchev–Trinajstić information content (AvgIpc) is 3.40. The molecule has 18 heteroatoms. The summed E-state index contributed by atoms with van der Waals surface area (Å²) in [5.41, 5.74) is -1.61. The number of aliphatic hydroxyl groups excluding tert-OH is 9. The predicted molar refractivity (Wildman–Crippen MR) is 163 cm³/mol. The Morgan fingerprint density at radius 2 is 1.38 bits per heavy atom. The van der Waals surface area contributed by atoms with Crippen LogP contribution in [0.5, 0.6) is 17.2 Å². The lowest BCUT2D eigenvalue weighted by molar-refractivity contribution is -0.318. The van der Waals surface area contributed by atoms with Crippen LogP contribution >= 0.6 is 0 Å². The van der Waals surface area contributed by atoms with Gasteiger partial charge in [0.15, 0.2) is 18.2 Å². The Morgan fingerprint density at radius 3 is 1.98 bits per heavy atom. The lowest BCUT2D eigenvalue weighted by Gasteiger charge is -2.42. The van der Waals surface area contributed by atoms with Gasteiger partial charge in [-0.2, -0.15) is 0 Å². The molecule has 0 unspecified atom stereocenters. The van der Waals surface area contributed by atoms with Crippen molar-refractivity contribution in [2.75, 3.05) is 26.4 Å². The van der Waals surface area contributed by atoms with E-state index in [9.17, 15) is 61.0 Å². The highest BCUT2D eigenvalue weighted by Gasteiger charge is 2.53. The number of carbonyl (C=O) groups is 1. The summed E-state index contributed by atoms with van der Waals surface area (Å²) in [7, 11) is 0. The maximum atomic E-state index is 12.8. The zero-order valence-corrected chi connectivity index (χ0v) is 26.2. The van der Waals surface area contributed by atoms with Crippen LogP contribution in [0.15, 0.2) is 48.5 Å². The predicted octanol–water partition coefficient (Wildman–Crippen LogP) is -3.89. The molecule has 0 spiro atoms. The van der Waals surface area contributed by atoms with E-state index in [4.69, 9.17) is 28.4 Å². The maximum Gasteiger partial charge on any atom is 0.229 e. The van der Waals surface area contributed by atoms with Gasteiger partial charge in [-0.3, -0.25) is 4.79 Å². The summed E-state index contributed by atoms with van der Waals surface area (Å²) in [6.07, 6.45) is -15.8. The Bertz CT molecular complexity index is 1470. The fourth-order valence-corrected chi connectivity index (χ4v) is 5.51. The van der Waals surface area contributed by atoms with E-state index in [1.54, 1.807) is 12.1 Å². The highest BCUT2D eigenvalue weighted by atomic mass is 16.8. The summed E-state index contributed by atoms with van der Waals surface area (Å²) < 4.78 is 33.0. The normalized spacial score (nSPS) is 37.6. The third-order valence-corrected chi connectivity index (χ3v) is 8.59. The Labute approximate surface area is 284 Å². The van der Waals surface area contributed by atoms with Gasteiger partial charge in [-0.15, -0.1) is 0 Å². The molecule has 2 aromatic rings. The van der Waals surface area contributed by atoms with Crippen molar-refractivity contribution in [3.8, 4) is 17.2 Å². The lowest BCUT2D eigenvalue weighted by Crippen LogP contribution is -2.62. The Morgan fingerprint density at radius 1 is 0.780 bits per heavy atom. The molecule has 50 heavy (non-hydrogen) atoms. The molecule has 0 radical (unpaired) electrons. The summed E-state index contributed by atoms with van der Waals surface area (Å²) in [6, 6.07) is 9.70. The zero-order valence-electron chi connectivity index (χ0n) is 26.2. The molecule has 0 bridgehead atoms. The van der Waals surface area contributed by atoms with Crippen molar-refractivity contribution in [3.63, 3.8) is 0 Å². The fraction of sp³-hybridized carbons (Fsp3) is 0.531. The number of carbonyl (C=O) groups excluding carboxylic acids is 1. The first-order valence-electron chi connectivity index (χ1n) is 15.5. The summed E-state index contributed by atoms with van der Waals surface area (Å²) in [5.74, 6) is -0.937. The number of aromatic hydroxyl groups is 1. The fourth-order valence-electron chi connectivity index (χ4n) is 5.51. The molecule has 0 amide bonds. The third kappa shape index (κ3) is 7.93. The molecular formula is C32H40O18. The van der Waals surface area contributed by atoms with E-state index in [0.717, 1.165) is 6.07 Å². The van der Waals surface area contributed by atoms with E-state index in [-0.39, 0.29) is 17.1 Å². The SMILES string of the molecule is O=C(C=Cc1ccc(O[C@@H]2O[C@H](CO)[C@@H](O)[C@H](O)[C@H]2O[C@@H]2OC[C@](O)(CO)[C@H]2O)cc1)c1ccc(O[C@@H]2O[C@H](CO)[C@@H](O)[C@H](O)[C@H]2O)cc1O. The minimum absolute atomic E-state index is 0.0384. The molecule has 3 fully saturated rings. The van der Waals surface area contributed by atoms with Crippen LogP contribution in [0.2, 0.25) is 0 Å². The first kappa shape index (κ1) is 37.9. The molecule has 3 aliphatic heterocycles. The third-order valence-electron chi connectivity index (χ3n) is 8.59. The smallest absolute Gasteiger partial charge is 0.229 e. The highest BCUT2D eigenvalue weighted by molar-refractivity contribution is 6.08. The molecule has 11 N–H and O–H groups in total. The number of allylic oxidation sites excluding steroid dienone is 1. The number of hydrogen-bond acceptors (Lipinski definition) is 18. The van der Waals surface area contributed by atoms with Crippen molar-refractivity contribution < 1.29 is 89.4 Å². The van der Waals surface area contributed by atoms with Gasteiger partial charge in [0.2, 0.25) is 12.6 Å². The number of phenols is 1. The van der Waals surface area contributed by atoms with Crippen molar-refractivity contribution in [3.05, 3.63) is 59.7 Å². The van der Waals surface area contributed by atoms with Crippen LogP contribution in [0.25, 0.3) is 6.08 Å². The van der Waals surface area contributed by atoms with Crippen LogP contribution in [0.1, 0.15) is 15.9 Å². The standard InChI is InChI=1S/C32H40O18/c33-10-20-22(38)24(40)26(42)29(48-20)47-16-6-7-17(19(37)9-16)18(36)8-3-14-1-4-15(5-2-14)46-30-27(25(41)23(39)21(11-34)49-30)50-31-28(43)32(44,12-35)13-45-31/h1-9,20-31,33-35,37-44H,10-13H2/t20-,21-,22-,23-,24+,25+,26-,27-,28+,29-,30-,31+,32-/m1/s1. The first-order chi connectivity index (χ1) is 23.8. The number of hydrogen-bond donors (Lipinski definition) is 11. The number of aliphatic hydroxyl groups is 10. The van der Waals surface area contributed by atoms with Crippen LogP contribution < -0.4 is 9.47 Å². The maximum absolute atomic E-state index is 12.8. The number of ketones is 1. The van der Waals surface area contributed by atoms with Crippen LogP contribution in [0, 0.1) is 0 Å². The van der Waals surface area contributed by atoms with Gasteiger partial charge in [0, 0.05) is 6.07 Å². The lowest BCUT2D eigenvalue weighted by atomic mass is 9.98. The topological polar surface area (TPSA) is 295 Å². The molecule has 0 aliphatic carbocycles. The number of phenolic OH excluding ortho intramolecular Hbond substituents is 1. The quantitative estimate of drug-likeness (QED) is 0.0741. The second kappa shape index (κ2) is 15.9. The minimum Gasteiger partial charge on any atom is -0.507 e. The van der Waals surface area contributed by atoms with Crippen molar-refractivity contribution in [1.29, 1.82) is 0 Å². The zero-order chi connectivity index (χ0) is 36.3. The molecule has 2 aromatic carbocycles. The molecular weight excluding hydrogens is 672 g/mol. The van der Waals surface area contributed by atoms with Crippen LogP contribution in [-0.2, 0) is 18.9 Å². The Hall–Kier alpha value is -3.31. The largest absolute Gasteiger partial charge is 0.507 e. The van der Waals surface area contributed by atoms with Crippen molar-refractivity contribution in [2.45, 2.75) is 79.4 Å². The molecule has 13 atom stereocenters. The van der Waals surface area contributed by atoms with Gasteiger partial charge >= 0.3 is 0 Å². The van der Waals surface area contributed by atoms with E-state index < -0.39 is 117 Å². The summed E-state index contributed by atoms with van der Waals surface area (Å²) in [4.78, 5) is 12.8. The first-order valence-corrected chi connectivity index (χ1v) is 15.5. The molecule has 276 valence electrons. The number of rotatable bonds is 12. The molecule has 5 rings (SSSR count). The van der Waals surface area contributed by atoms with Gasteiger partial charge in [0.25, 0.3) is 0 Å². The molecule has 18 nitrogen and oxygen atoms in total. The van der Waals surface area contributed by atoms with Crippen molar-refractivity contribution >= 4 is 11.9 Å². The monoisotopic (exact) mass is 712 g/mol. The second-order valence-electron chi connectivity index (χ2n) is 12.1. The van der Waals surface area contributed by atoms with Gasteiger partial charge in [-0.1, -0.05) is 18.2 Å². The van der Waals surface area contributed by atoms with E-state index in [1.807, 2.05) is 0 Å². The molecule has 3 aliphatic rings. The van der Waals surface area contributed by atoms with Crippen LogP contribution in [0.3, 0.4) is 0 Å². The van der Waals surface area contributed by atoms with Gasteiger partial charge in [-0.05, 0) is 35.9 Å². The van der Waals surface area contributed by atoms with Gasteiger partial charge < -0.3 is 84.6 Å². The van der Waals surface area contributed by atoms with Crippen LogP contribution in [0.4, 0.5) is 0 Å². The van der Waals surface area contributed by atoms with E-state index in [1.165, 1.54) is 36.4 Å². The Balaban J connectivity index is 1.22. The van der Waals surface area contributed by atoms with Crippen molar-refractivity contribution in [2.24, 2.45) is 0 Å². The number of benzene rings is 2.